The molecule has 21 heavy (non-hydrogen) atoms. The van der Waals surface area contributed by atoms with Crippen molar-refractivity contribution in [1.82, 2.24) is 4.98 Å². The van der Waals surface area contributed by atoms with Gasteiger partial charge in [0.1, 0.15) is 5.75 Å². The number of phenols is 1. The highest BCUT2D eigenvalue weighted by molar-refractivity contribution is 5.52. The smallest absolute Gasteiger partial charge is 0.117 e. The number of aromatic nitrogens is 1. The molecule has 0 radical (unpaired) electrons. The summed E-state index contributed by atoms with van der Waals surface area (Å²) in [6, 6.07) is 21.4. The second-order valence-corrected chi connectivity index (χ2v) is 4.82. The van der Waals surface area contributed by atoms with E-state index in [4.69, 9.17) is 0 Å². The van der Waals surface area contributed by atoms with Gasteiger partial charge in [-0.3, -0.25) is 4.98 Å². The predicted molar refractivity (Wildman–Crippen MR) is 84.3 cm³/mol. The van der Waals surface area contributed by atoms with Crippen molar-refractivity contribution < 1.29 is 5.11 Å². The van der Waals surface area contributed by atoms with Crippen LogP contribution in [0.15, 0.2) is 79.1 Å². The number of pyridine rings is 1. The lowest BCUT2D eigenvalue weighted by Gasteiger charge is -2.21. The molecule has 2 N–H and O–H groups in total. The van der Waals surface area contributed by atoms with Gasteiger partial charge in [-0.1, -0.05) is 36.4 Å². The Kier molecular flexibility index (Phi) is 3.83. The first-order chi connectivity index (χ1) is 10.3. The zero-order valence-corrected chi connectivity index (χ0v) is 11.5. The maximum atomic E-state index is 9.62. The molecule has 0 aliphatic rings. The zero-order chi connectivity index (χ0) is 14.5. The molecule has 104 valence electrons. The van der Waals surface area contributed by atoms with E-state index in [1.807, 2.05) is 42.5 Å². The van der Waals surface area contributed by atoms with Crippen molar-refractivity contribution in [2.75, 3.05) is 5.32 Å². The fraction of sp³-hybridized carbons (Fsp3) is 0.0556. The Balaban J connectivity index is 1.97. The Hall–Kier alpha value is -2.81. The van der Waals surface area contributed by atoms with Gasteiger partial charge in [0, 0.05) is 24.1 Å². The topological polar surface area (TPSA) is 45.1 Å². The number of phenolic OH excluding ortho intramolecular Hbond substituents is 1. The number of aromatic hydroxyl groups is 1. The van der Waals surface area contributed by atoms with E-state index in [9.17, 15) is 5.11 Å². The molecule has 0 fully saturated rings. The third-order valence-corrected chi connectivity index (χ3v) is 3.33. The number of rotatable bonds is 4. The van der Waals surface area contributed by atoms with Crippen LogP contribution in [0, 0.1) is 0 Å². The maximum Gasteiger partial charge on any atom is 0.117 e. The van der Waals surface area contributed by atoms with Crippen molar-refractivity contribution >= 4 is 5.69 Å². The first-order valence-corrected chi connectivity index (χ1v) is 6.83. The summed E-state index contributed by atoms with van der Waals surface area (Å²) in [4.78, 5) is 4.07. The lowest BCUT2D eigenvalue weighted by atomic mass is 9.99. The highest BCUT2D eigenvalue weighted by atomic mass is 16.3. The van der Waals surface area contributed by atoms with E-state index >= 15 is 0 Å². The Morgan fingerprint density at radius 2 is 1.52 bits per heavy atom. The number of hydrogen-bond donors (Lipinski definition) is 2. The standard InChI is InChI=1S/C18H16N2O/c21-17-8-4-7-16(13-17)20-18(14-5-2-1-3-6-14)15-9-11-19-12-10-15/h1-13,18,20-21H. The van der Waals surface area contributed by atoms with Crippen molar-refractivity contribution in [3.8, 4) is 5.75 Å². The van der Waals surface area contributed by atoms with Gasteiger partial charge in [0.25, 0.3) is 0 Å². The normalized spacial score (nSPS) is 11.8. The average Bonchev–Trinajstić information content (AvgIpc) is 2.54. The molecule has 1 aromatic heterocycles. The SMILES string of the molecule is Oc1cccc(NC(c2ccccc2)c2ccncc2)c1. The summed E-state index contributed by atoms with van der Waals surface area (Å²) >= 11 is 0. The summed E-state index contributed by atoms with van der Waals surface area (Å²) in [5, 5.41) is 13.1. The second-order valence-electron chi connectivity index (χ2n) is 4.82. The summed E-state index contributed by atoms with van der Waals surface area (Å²) in [7, 11) is 0. The lowest BCUT2D eigenvalue weighted by molar-refractivity contribution is 0.475. The van der Waals surface area contributed by atoms with Crippen LogP contribution < -0.4 is 5.32 Å². The molecule has 0 saturated heterocycles. The molecule has 3 heteroatoms. The monoisotopic (exact) mass is 276 g/mol. The molecule has 1 heterocycles. The van der Waals surface area contributed by atoms with E-state index in [1.165, 1.54) is 0 Å². The largest absolute Gasteiger partial charge is 0.508 e. The van der Waals surface area contributed by atoms with Crippen LogP contribution in [0.1, 0.15) is 17.2 Å². The van der Waals surface area contributed by atoms with Gasteiger partial charge in [-0.05, 0) is 35.4 Å². The van der Waals surface area contributed by atoms with Crippen molar-refractivity contribution in [1.29, 1.82) is 0 Å². The van der Waals surface area contributed by atoms with Crippen molar-refractivity contribution in [3.63, 3.8) is 0 Å². The van der Waals surface area contributed by atoms with E-state index in [1.54, 1.807) is 24.5 Å². The average molecular weight is 276 g/mol. The minimum Gasteiger partial charge on any atom is -0.508 e. The van der Waals surface area contributed by atoms with Crippen molar-refractivity contribution in [2.24, 2.45) is 0 Å². The van der Waals surface area contributed by atoms with E-state index < -0.39 is 0 Å². The number of anilines is 1. The van der Waals surface area contributed by atoms with Crippen LogP contribution in [0.2, 0.25) is 0 Å². The van der Waals surface area contributed by atoms with Gasteiger partial charge in [0.05, 0.1) is 6.04 Å². The quantitative estimate of drug-likeness (QED) is 0.757. The van der Waals surface area contributed by atoms with E-state index in [2.05, 4.69) is 22.4 Å². The molecule has 3 nitrogen and oxygen atoms in total. The lowest BCUT2D eigenvalue weighted by Crippen LogP contribution is -2.12. The third-order valence-electron chi connectivity index (χ3n) is 3.33. The van der Waals surface area contributed by atoms with E-state index in [0.717, 1.165) is 16.8 Å². The van der Waals surface area contributed by atoms with Gasteiger partial charge in [-0.2, -0.15) is 0 Å². The molecule has 0 bridgehead atoms. The summed E-state index contributed by atoms with van der Waals surface area (Å²) in [5.41, 5.74) is 3.16. The summed E-state index contributed by atoms with van der Waals surface area (Å²) in [5.74, 6) is 0.251. The molecule has 3 aromatic rings. The first-order valence-electron chi connectivity index (χ1n) is 6.83. The zero-order valence-electron chi connectivity index (χ0n) is 11.5. The van der Waals surface area contributed by atoms with Crippen LogP contribution in [-0.4, -0.2) is 10.1 Å². The van der Waals surface area contributed by atoms with Crippen LogP contribution in [-0.2, 0) is 0 Å². The Morgan fingerprint density at radius 3 is 2.24 bits per heavy atom. The predicted octanol–water partition coefficient (Wildman–Crippen LogP) is 3.99. The number of benzene rings is 2. The van der Waals surface area contributed by atoms with Crippen LogP contribution in [0.5, 0.6) is 5.75 Å². The van der Waals surface area contributed by atoms with Gasteiger partial charge < -0.3 is 10.4 Å². The Bertz CT molecular complexity index is 659. The summed E-state index contributed by atoms with van der Waals surface area (Å²) < 4.78 is 0. The van der Waals surface area contributed by atoms with Gasteiger partial charge in [-0.15, -0.1) is 0 Å². The molecule has 0 amide bonds. The van der Waals surface area contributed by atoms with E-state index in [-0.39, 0.29) is 11.8 Å². The summed E-state index contributed by atoms with van der Waals surface area (Å²) in [6.45, 7) is 0. The molecule has 0 aliphatic carbocycles. The van der Waals surface area contributed by atoms with Crippen LogP contribution in [0.25, 0.3) is 0 Å². The van der Waals surface area contributed by atoms with Crippen molar-refractivity contribution in [2.45, 2.75) is 6.04 Å². The van der Waals surface area contributed by atoms with Gasteiger partial charge in [-0.25, -0.2) is 0 Å². The third kappa shape index (κ3) is 3.20. The highest BCUT2D eigenvalue weighted by Crippen LogP contribution is 2.27. The minimum absolute atomic E-state index is 0.0102. The summed E-state index contributed by atoms with van der Waals surface area (Å²) in [6.07, 6.45) is 3.57. The highest BCUT2D eigenvalue weighted by Gasteiger charge is 2.13. The van der Waals surface area contributed by atoms with Gasteiger partial charge in [0.2, 0.25) is 0 Å². The van der Waals surface area contributed by atoms with Crippen LogP contribution in [0.4, 0.5) is 5.69 Å². The van der Waals surface area contributed by atoms with Crippen molar-refractivity contribution in [3.05, 3.63) is 90.3 Å². The maximum absolute atomic E-state index is 9.62. The molecule has 2 aromatic carbocycles. The molecule has 0 saturated carbocycles. The first kappa shape index (κ1) is 13.2. The van der Waals surface area contributed by atoms with Gasteiger partial charge >= 0.3 is 0 Å². The molecule has 3 rings (SSSR count). The molecule has 1 atom stereocenters. The molecule has 0 spiro atoms. The molecule has 1 unspecified atom stereocenters. The fourth-order valence-electron chi connectivity index (χ4n) is 2.32. The number of nitrogens with zero attached hydrogens (tertiary/aromatic N) is 1. The molecule has 0 aliphatic heterocycles. The Morgan fingerprint density at radius 1 is 0.810 bits per heavy atom. The molecular formula is C18H16N2O. The minimum atomic E-state index is 0.0102. The fourth-order valence-corrected chi connectivity index (χ4v) is 2.32. The van der Waals surface area contributed by atoms with E-state index in [0.29, 0.717) is 0 Å². The van der Waals surface area contributed by atoms with Gasteiger partial charge in [0.15, 0.2) is 0 Å². The molecular weight excluding hydrogens is 260 g/mol. The second kappa shape index (κ2) is 6.09. The van der Waals surface area contributed by atoms with Crippen LogP contribution >= 0.6 is 0 Å². The van der Waals surface area contributed by atoms with Crippen LogP contribution in [0.3, 0.4) is 0 Å². The number of hydrogen-bond acceptors (Lipinski definition) is 3. The Labute approximate surface area is 123 Å². The number of nitrogens with one attached hydrogen (secondary N) is 1.